The number of amides is 2. The molecule has 0 aliphatic carbocycles. The molecule has 0 aromatic rings. The van der Waals surface area contributed by atoms with Gasteiger partial charge in [-0.15, -0.1) is 0 Å². The van der Waals surface area contributed by atoms with E-state index in [2.05, 4.69) is 0 Å². The average Bonchev–Trinajstić information content (AvgIpc) is 2.62. The van der Waals surface area contributed by atoms with Crippen LogP contribution in [0.25, 0.3) is 0 Å². The summed E-state index contributed by atoms with van der Waals surface area (Å²) in [5.74, 6) is -4.28. The van der Waals surface area contributed by atoms with E-state index in [0.717, 1.165) is 39.5 Å². The average molecular weight is 445 g/mol. The highest BCUT2D eigenvalue weighted by Gasteiger charge is 2.50. The summed E-state index contributed by atoms with van der Waals surface area (Å²) in [4.78, 5) is 71.7. The van der Waals surface area contributed by atoms with Crippen LogP contribution in [-0.2, 0) is 52.5 Å². The number of morpholine rings is 1. The van der Waals surface area contributed by atoms with Crippen LogP contribution in [0.15, 0.2) is 0 Å². The lowest BCUT2D eigenvalue weighted by molar-refractivity contribution is -0.215. The molecule has 1 aliphatic heterocycles. The third kappa shape index (κ3) is 7.63. The van der Waals surface area contributed by atoms with Crippen molar-refractivity contribution in [2.75, 3.05) is 13.2 Å². The van der Waals surface area contributed by atoms with Crippen molar-refractivity contribution in [1.82, 2.24) is 4.90 Å². The van der Waals surface area contributed by atoms with Gasteiger partial charge in [-0.3, -0.25) is 33.7 Å². The first kappa shape index (κ1) is 26.0. The molecule has 0 aromatic heterocycles. The number of imide groups is 1. The molecule has 174 valence electrons. The number of carbonyl (C=O) groups excluding carboxylic acids is 6. The van der Waals surface area contributed by atoms with E-state index < -0.39 is 79.4 Å². The summed E-state index contributed by atoms with van der Waals surface area (Å²) < 4.78 is 26.1. The lowest BCUT2D eigenvalue weighted by Crippen LogP contribution is -2.66. The van der Waals surface area contributed by atoms with Crippen LogP contribution in [0.4, 0.5) is 0 Å². The Bertz CT molecular complexity index is 734. The van der Waals surface area contributed by atoms with Crippen molar-refractivity contribution in [3.8, 4) is 0 Å². The Labute approximate surface area is 179 Å². The summed E-state index contributed by atoms with van der Waals surface area (Å²) in [5, 5.41) is 0. The van der Waals surface area contributed by atoms with E-state index in [4.69, 9.17) is 23.7 Å². The summed E-state index contributed by atoms with van der Waals surface area (Å²) in [6.45, 7) is 6.01. The minimum atomic E-state index is -1.40. The maximum Gasteiger partial charge on any atom is 0.303 e. The molecule has 31 heavy (non-hydrogen) atoms. The Hall–Kier alpha value is -3.02. The maximum atomic E-state index is 12.6. The minimum absolute atomic E-state index is 0.462. The van der Waals surface area contributed by atoms with Crippen molar-refractivity contribution in [3.63, 3.8) is 0 Å². The Kier molecular flexibility index (Phi) is 9.56. The van der Waals surface area contributed by atoms with Gasteiger partial charge in [0.15, 0.2) is 12.2 Å². The summed E-state index contributed by atoms with van der Waals surface area (Å²) >= 11 is 0. The van der Waals surface area contributed by atoms with Crippen LogP contribution in [0.5, 0.6) is 0 Å². The fourth-order valence-electron chi connectivity index (χ4n) is 3.10. The number of ether oxygens (including phenoxy) is 5. The molecule has 1 fully saturated rings. The van der Waals surface area contributed by atoms with Gasteiger partial charge < -0.3 is 23.7 Å². The second-order valence-electron chi connectivity index (χ2n) is 6.86. The molecule has 0 saturated carbocycles. The minimum Gasteiger partial charge on any atom is -0.464 e. The SMILES string of the molecule is CC(=O)OC[C@@H](OC(C)=O)[C@@H](OC(C)=O)[C@@H]1O[C@H](C)C(=O)N(C(C)=O)[C@H]1COC(C)=O. The largest absolute Gasteiger partial charge is 0.464 e. The zero-order valence-corrected chi connectivity index (χ0v) is 18.2. The Morgan fingerprint density at radius 1 is 0.903 bits per heavy atom. The van der Waals surface area contributed by atoms with E-state index in [9.17, 15) is 28.8 Å². The predicted octanol–water partition coefficient (Wildman–Crippen LogP) is -0.493. The summed E-state index contributed by atoms with van der Waals surface area (Å²) in [6, 6.07) is -1.20. The molecule has 0 radical (unpaired) electrons. The molecule has 1 aliphatic rings. The summed E-state index contributed by atoms with van der Waals surface area (Å²) in [7, 11) is 0. The van der Waals surface area contributed by atoms with E-state index in [1.165, 1.54) is 6.92 Å². The van der Waals surface area contributed by atoms with Crippen LogP contribution in [0, 0.1) is 0 Å². The van der Waals surface area contributed by atoms with Gasteiger partial charge in [-0.05, 0) is 6.92 Å². The normalized spacial score (nSPS) is 22.7. The molecule has 12 nitrogen and oxygen atoms in total. The number of hydrogen-bond acceptors (Lipinski definition) is 11. The molecule has 0 bridgehead atoms. The second-order valence-corrected chi connectivity index (χ2v) is 6.86. The van der Waals surface area contributed by atoms with Crippen molar-refractivity contribution in [2.24, 2.45) is 0 Å². The molecule has 1 rings (SSSR count). The van der Waals surface area contributed by atoms with Gasteiger partial charge in [0.1, 0.15) is 31.5 Å². The molecule has 0 aromatic carbocycles. The third-order valence-electron chi connectivity index (χ3n) is 4.21. The Balaban J connectivity index is 3.45. The third-order valence-corrected chi connectivity index (χ3v) is 4.21. The fraction of sp³-hybridized carbons (Fsp3) is 0.684. The molecule has 5 atom stereocenters. The predicted molar refractivity (Wildman–Crippen MR) is 100 cm³/mol. The van der Waals surface area contributed by atoms with Gasteiger partial charge >= 0.3 is 23.9 Å². The van der Waals surface area contributed by atoms with Crippen LogP contribution < -0.4 is 0 Å². The van der Waals surface area contributed by atoms with E-state index in [0.29, 0.717) is 0 Å². The van der Waals surface area contributed by atoms with Gasteiger partial charge in [-0.1, -0.05) is 0 Å². The molecule has 2 amide bonds. The first-order valence-corrected chi connectivity index (χ1v) is 9.45. The van der Waals surface area contributed by atoms with Crippen molar-refractivity contribution in [3.05, 3.63) is 0 Å². The Morgan fingerprint density at radius 2 is 1.45 bits per heavy atom. The molecule has 0 spiro atoms. The number of nitrogens with zero attached hydrogens (tertiary/aromatic N) is 1. The number of esters is 4. The van der Waals surface area contributed by atoms with Crippen molar-refractivity contribution < 1.29 is 52.5 Å². The molecular weight excluding hydrogens is 418 g/mol. The Morgan fingerprint density at radius 3 is 1.90 bits per heavy atom. The highest BCUT2D eigenvalue weighted by molar-refractivity contribution is 5.97. The van der Waals surface area contributed by atoms with Gasteiger partial charge in [-0.25, -0.2) is 0 Å². The number of carbonyl (C=O) groups is 6. The standard InChI is InChI=1S/C19H27NO11/c1-9-19(26)20(10(2)21)15(7-27-11(3)22)17(29-9)18(31-14(6)25)16(30-13(5)24)8-28-12(4)23/h9,15-18H,7-8H2,1-6H3/t9-,15+,16-,17-,18-/m1/s1. The first-order valence-electron chi connectivity index (χ1n) is 9.45. The van der Waals surface area contributed by atoms with Crippen LogP contribution in [0.1, 0.15) is 41.5 Å². The van der Waals surface area contributed by atoms with E-state index in [-0.39, 0.29) is 0 Å². The molecule has 1 heterocycles. The topological polar surface area (TPSA) is 152 Å². The van der Waals surface area contributed by atoms with Crippen LogP contribution in [-0.4, -0.2) is 84.3 Å². The lowest BCUT2D eigenvalue weighted by atomic mass is 9.96. The van der Waals surface area contributed by atoms with Crippen molar-refractivity contribution >= 4 is 35.7 Å². The molecule has 0 unspecified atom stereocenters. The van der Waals surface area contributed by atoms with Gasteiger partial charge in [0, 0.05) is 34.6 Å². The fourth-order valence-corrected chi connectivity index (χ4v) is 3.10. The smallest absolute Gasteiger partial charge is 0.303 e. The zero-order chi connectivity index (χ0) is 23.9. The highest BCUT2D eigenvalue weighted by Crippen LogP contribution is 2.27. The summed E-state index contributed by atoms with van der Waals surface area (Å²) in [6.07, 6.45) is -5.13. The summed E-state index contributed by atoms with van der Waals surface area (Å²) in [5.41, 5.74) is 0. The number of rotatable bonds is 8. The number of hydrogen-bond donors (Lipinski definition) is 0. The van der Waals surface area contributed by atoms with Crippen LogP contribution >= 0.6 is 0 Å². The van der Waals surface area contributed by atoms with Gasteiger partial charge in [0.25, 0.3) is 5.91 Å². The van der Waals surface area contributed by atoms with E-state index in [1.807, 2.05) is 0 Å². The quantitative estimate of drug-likeness (QED) is 0.351. The van der Waals surface area contributed by atoms with Gasteiger partial charge in [-0.2, -0.15) is 0 Å². The van der Waals surface area contributed by atoms with Crippen molar-refractivity contribution in [2.45, 2.75) is 72.0 Å². The monoisotopic (exact) mass is 445 g/mol. The zero-order valence-electron chi connectivity index (χ0n) is 18.2. The van der Waals surface area contributed by atoms with Crippen LogP contribution in [0.2, 0.25) is 0 Å². The van der Waals surface area contributed by atoms with Crippen LogP contribution in [0.3, 0.4) is 0 Å². The molecular formula is C19H27NO11. The molecule has 1 saturated heterocycles. The second kappa shape index (κ2) is 11.4. The maximum absolute atomic E-state index is 12.6. The lowest BCUT2D eigenvalue weighted by Gasteiger charge is -2.45. The van der Waals surface area contributed by atoms with Crippen molar-refractivity contribution in [1.29, 1.82) is 0 Å². The van der Waals surface area contributed by atoms with E-state index in [1.54, 1.807) is 0 Å². The van der Waals surface area contributed by atoms with E-state index >= 15 is 0 Å². The molecule has 12 heteroatoms. The van der Waals surface area contributed by atoms with Gasteiger partial charge in [0.05, 0.1) is 0 Å². The molecule has 0 N–H and O–H groups in total. The van der Waals surface area contributed by atoms with Gasteiger partial charge in [0.2, 0.25) is 5.91 Å². The highest BCUT2D eigenvalue weighted by atomic mass is 16.6. The first-order chi connectivity index (χ1) is 14.3.